The molecule has 1 aliphatic heterocycles. The molecule has 2 N–H and O–H groups in total. The minimum Gasteiger partial charge on any atom is -0.328 e. The second-order valence-electron chi connectivity index (χ2n) is 5.70. The highest BCUT2D eigenvalue weighted by atomic mass is 15.2. The zero-order chi connectivity index (χ0) is 10.1. The SMILES string of the molecule is CC(N)C1CCN(CC(C)(C)C)C1. The van der Waals surface area contributed by atoms with Gasteiger partial charge in [-0.1, -0.05) is 20.8 Å². The summed E-state index contributed by atoms with van der Waals surface area (Å²) in [5.74, 6) is 0.724. The van der Waals surface area contributed by atoms with Gasteiger partial charge in [0.25, 0.3) is 0 Å². The van der Waals surface area contributed by atoms with Gasteiger partial charge in [-0.15, -0.1) is 0 Å². The van der Waals surface area contributed by atoms with Crippen molar-refractivity contribution in [2.24, 2.45) is 17.1 Å². The average molecular weight is 184 g/mol. The fraction of sp³-hybridized carbons (Fsp3) is 1.00. The fourth-order valence-electron chi connectivity index (χ4n) is 2.11. The molecule has 1 fully saturated rings. The lowest BCUT2D eigenvalue weighted by Crippen LogP contribution is -2.33. The van der Waals surface area contributed by atoms with Crippen LogP contribution in [-0.4, -0.2) is 30.6 Å². The summed E-state index contributed by atoms with van der Waals surface area (Å²) < 4.78 is 0. The van der Waals surface area contributed by atoms with Crippen LogP contribution in [0.2, 0.25) is 0 Å². The Kier molecular flexibility index (Phi) is 3.36. The van der Waals surface area contributed by atoms with E-state index in [1.807, 2.05) is 0 Å². The van der Waals surface area contributed by atoms with Crippen LogP contribution in [0.5, 0.6) is 0 Å². The molecule has 1 saturated heterocycles. The van der Waals surface area contributed by atoms with Crippen molar-refractivity contribution >= 4 is 0 Å². The van der Waals surface area contributed by atoms with Gasteiger partial charge in [0, 0.05) is 19.1 Å². The number of likely N-dealkylation sites (tertiary alicyclic amines) is 1. The summed E-state index contributed by atoms with van der Waals surface area (Å²) in [4.78, 5) is 2.55. The van der Waals surface area contributed by atoms with Gasteiger partial charge >= 0.3 is 0 Å². The molecule has 0 radical (unpaired) electrons. The van der Waals surface area contributed by atoms with E-state index in [1.165, 1.54) is 26.1 Å². The second kappa shape index (κ2) is 3.97. The Labute approximate surface area is 82.5 Å². The van der Waals surface area contributed by atoms with E-state index < -0.39 is 0 Å². The van der Waals surface area contributed by atoms with Crippen molar-refractivity contribution in [1.29, 1.82) is 0 Å². The minimum absolute atomic E-state index is 0.366. The summed E-state index contributed by atoms with van der Waals surface area (Å²) in [6.45, 7) is 12.7. The van der Waals surface area contributed by atoms with Crippen molar-refractivity contribution in [3.8, 4) is 0 Å². The first kappa shape index (κ1) is 11.0. The van der Waals surface area contributed by atoms with Crippen molar-refractivity contribution in [2.75, 3.05) is 19.6 Å². The van der Waals surface area contributed by atoms with Gasteiger partial charge in [0.2, 0.25) is 0 Å². The van der Waals surface area contributed by atoms with Gasteiger partial charge in [-0.25, -0.2) is 0 Å². The van der Waals surface area contributed by atoms with Crippen LogP contribution < -0.4 is 5.73 Å². The van der Waals surface area contributed by atoms with E-state index in [0.29, 0.717) is 11.5 Å². The molecule has 2 atom stereocenters. The number of hydrogen-bond acceptors (Lipinski definition) is 2. The topological polar surface area (TPSA) is 29.3 Å². The van der Waals surface area contributed by atoms with E-state index in [2.05, 4.69) is 32.6 Å². The predicted molar refractivity (Wildman–Crippen MR) is 57.7 cm³/mol. The number of rotatable bonds is 2. The van der Waals surface area contributed by atoms with Gasteiger partial charge in [0.15, 0.2) is 0 Å². The van der Waals surface area contributed by atoms with Crippen LogP contribution in [0.4, 0.5) is 0 Å². The first-order valence-corrected chi connectivity index (χ1v) is 5.36. The third kappa shape index (κ3) is 3.65. The Bertz CT molecular complexity index is 158. The predicted octanol–water partition coefficient (Wildman–Crippen LogP) is 1.70. The number of nitrogens with two attached hydrogens (primary N) is 1. The summed E-state index contributed by atoms with van der Waals surface area (Å²) in [5.41, 5.74) is 6.32. The van der Waals surface area contributed by atoms with E-state index in [0.717, 1.165) is 5.92 Å². The number of hydrogen-bond donors (Lipinski definition) is 1. The molecule has 0 aromatic heterocycles. The third-order valence-corrected chi connectivity index (χ3v) is 2.75. The fourth-order valence-corrected chi connectivity index (χ4v) is 2.11. The first-order chi connectivity index (χ1) is 5.88. The molecule has 1 heterocycles. The highest BCUT2D eigenvalue weighted by Crippen LogP contribution is 2.23. The molecule has 0 spiro atoms. The zero-order valence-corrected chi connectivity index (χ0v) is 9.51. The Balaban J connectivity index is 2.33. The molecule has 0 bridgehead atoms. The van der Waals surface area contributed by atoms with Gasteiger partial charge in [-0.2, -0.15) is 0 Å². The van der Waals surface area contributed by atoms with Crippen LogP contribution in [0.15, 0.2) is 0 Å². The molecule has 0 aromatic rings. The first-order valence-electron chi connectivity index (χ1n) is 5.36. The lowest BCUT2D eigenvalue weighted by atomic mass is 9.96. The summed E-state index contributed by atoms with van der Waals surface area (Å²) >= 11 is 0. The van der Waals surface area contributed by atoms with Crippen molar-refractivity contribution < 1.29 is 0 Å². The molecule has 2 unspecified atom stereocenters. The Morgan fingerprint density at radius 1 is 1.46 bits per heavy atom. The van der Waals surface area contributed by atoms with Crippen molar-refractivity contribution in [1.82, 2.24) is 4.90 Å². The van der Waals surface area contributed by atoms with Crippen molar-refractivity contribution in [3.05, 3.63) is 0 Å². The van der Waals surface area contributed by atoms with Crippen LogP contribution in [-0.2, 0) is 0 Å². The van der Waals surface area contributed by atoms with Gasteiger partial charge in [-0.05, 0) is 31.2 Å². The summed E-state index contributed by atoms with van der Waals surface area (Å²) in [7, 11) is 0. The molecule has 2 nitrogen and oxygen atoms in total. The molecule has 78 valence electrons. The van der Waals surface area contributed by atoms with E-state index in [4.69, 9.17) is 5.73 Å². The highest BCUT2D eigenvalue weighted by molar-refractivity contribution is 4.82. The van der Waals surface area contributed by atoms with Crippen LogP contribution in [0.1, 0.15) is 34.1 Å². The van der Waals surface area contributed by atoms with Crippen molar-refractivity contribution in [3.63, 3.8) is 0 Å². The standard InChI is InChI=1S/C11H24N2/c1-9(12)10-5-6-13(7-10)8-11(2,3)4/h9-10H,5-8,12H2,1-4H3. The smallest absolute Gasteiger partial charge is 0.00514 e. The third-order valence-electron chi connectivity index (χ3n) is 2.75. The van der Waals surface area contributed by atoms with E-state index in [9.17, 15) is 0 Å². The zero-order valence-electron chi connectivity index (χ0n) is 9.51. The van der Waals surface area contributed by atoms with Gasteiger partial charge in [0.1, 0.15) is 0 Å². The van der Waals surface area contributed by atoms with Crippen LogP contribution in [0.25, 0.3) is 0 Å². The largest absolute Gasteiger partial charge is 0.328 e. The molecule has 0 amide bonds. The van der Waals surface area contributed by atoms with Gasteiger partial charge in [0.05, 0.1) is 0 Å². The summed E-state index contributed by atoms with van der Waals surface area (Å²) in [6.07, 6.45) is 1.29. The van der Waals surface area contributed by atoms with Gasteiger partial charge in [-0.3, -0.25) is 0 Å². The quantitative estimate of drug-likeness (QED) is 0.708. The van der Waals surface area contributed by atoms with Crippen LogP contribution in [0.3, 0.4) is 0 Å². The van der Waals surface area contributed by atoms with Gasteiger partial charge < -0.3 is 10.6 Å². The van der Waals surface area contributed by atoms with Crippen LogP contribution >= 0.6 is 0 Å². The van der Waals surface area contributed by atoms with Crippen molar-refractivity contribution in [2.45, 2.75) is 40.2 Å². The molecule has 1 rings (SSSR count). The van der Waals surface area contributed by atoms with Crippen LogP contribution in [0, 0.1) is 11.3 Å². The maximum Gasteiger partial charge on any atom is 0.00514 e. The number of nitrogens with zero attached hydrogens (tertiary/aromatic N) is 1. The second-order valence-corrected chi connectivity index (χ2v) is 5.70. The maximum atomic E-state index is 5.90. The summed E-state index contributed by atoms with van der Waals surface area (Å²) in [6, 6.07) is 0.366. The summed E-state index contributed by atoms with van der Waals surface area (Å²) in [5, 5.41) is 0. The van der Waals surface area contributed by atoms with E-state index >= 15 is 0 Å². The molecule has 13 heavy (non-hydrogen) atoms. The maximum absolute atomic E-state index is 5.90. The Morgan fingerprint density at radius 3 is 2.46 bits per heavy atom. The molecular weight excluding hydrogens is 160 g/mol. The minimum atomic E-state index is 0.366. The molecule has 0 aliphatic carbocycles. The molecule has 1 aliphatic rings. The molecule has 2 heteroatoms. The normalized spacial score (nSPS) is 27.9. The monoisotopic (exact) mass is 184 g/mol. The van der Waals surface area contributed by atoms with E-state index in [-0.39, 0.29) is 0 Å². The molecule has 0 saturated carbocycles. The lowest BCUT2D eigenvalue weighted by Gasteiger charge is -2.26. The molecule has 0 aromatic carbocycles. The lowest BCUT2D eigenvalue weighted by molar-refractivity contribution is 0.218. The highest BCUT2D eigenvalue weighted by Gasteiger charge is 2.27. The van der Waals surface area contributed by atoms with E-state index in [1.54, 1.807) is 0 Å². The molecular formula is C11H24N2. The Morgan fingerprint density at radius 2 is 2.08 bits per heavy atom. The Hall–Kier alpha value is -0.0800. The average Bonchev–Trinajstić information content (AvgIpc) is 2.31.